The third kappa shape index (κ3) is 7.10. The van der Waals surface area contributed by atoms with Crippen LogP contribution in [0, 0.1) is 18.8 Å². The molecule has 202 valence electrons. The molecule has 0 spiro atoms. The van der Waals surface area contributed by atoms with Crippen molar-refractivity contribution in [3.63, 3.8) is 0 Å². The van der Waals surface area contributed by atoms with E-state index in [1.165, 1.54) is 5.34 Å². The van der Waals surface area contributed by atoms with E-state index in [4.69, 9.17) is 19.6 Å². The van der Waals surface area contributed by atoms with E-state index in [9.17, 15) is 4.79 Å². The Balaban J connectivity index is 0.00000134. The average molecular weight is 529 g/mol. The van der Waals surface area contributed by atoms with Gasteiger partial charge in [-0.25, -0.2) is 14.7 Å². The highest BCUT2D eigenvalue weighted by molar-refractivity contribution is 6.01. The normalized spacial score (nSPS) is 10.1. The molecule has 4 rings (SSSR count). The van der Waals surface area contributed by atoms with E-state index in [-0.39, 0.29) is 6.03 Å². The molecule has 0 aliphatic heterocycles. The van der Waals surface area contributed by atoms with Gasteiger partial charge < -0.3 is 19.6 Å². The molecular weight excluding hydrogens is 496 g/mol. The number of anilines is 2. The second kappa shape index (κ2) is 14.1. The van der Waals surface area contributed by atoms with Crippen molar-refractivity contribution in [2.75, 3.05) is 19.1 Å². The van der Waals surface area contributed by atoms with Crippen LogP contribution in [0.5, 0.6) is 11.5 Å². The van der Waals surface area contributed by atoms with E-state index in [1.54, 1.807) is 25.3 Å². The van der Waals surface area contributed by atoms with E-state index >= 15 is 0 Å². The molecule has 2 amide bonds. The molecule has 0 radical (unpaired) electrons. The summed E-state index contributed by atoms with van der Waals surface area (Å²) in [5.74, 6) is 1.80. The highest BCUT2D eigenvalue weighted by Crippen LogP contribution is 2.41. The first-order valence-corrected chi connectivity index (χ1v) is 12.2. The lowest BCUT2D eigenvalue weighted by atomic mass is 10.1. The Morgan fingerprint density at radius 1 is 0.846 bits per heavy atom. The molecule has 9 heteroatoms. The number of urea groups is 1. The van der Waals surface area contributed by atoms with E-state index in [0.717, 1.165) is 22.3 Å². The number of pyridine rings is 1. The number of amides is 2. The summed E-state index contributed by atoms with van der Waals surface area (Å²) in [6, 6.07) is 27.3. The summed E-state index contributed by atoms with van der Waals surface area (Å²) in [4.78, 5) is 30.7. The van der Waals surface area contributed by atoms with Crippen molar-refractivity contribution < 1.29 is 19.5 Å². The minimum absolute atomic E-state index is 0.202. The van der Waals surface area contributed by atoms with Crippen LogP contribution in [-0.4, -0.2) is 35.3 Å². The zero-order chi connectivity index (χ0) is 28.2. The van der Waals surface area contributed by atoms with Crippen LogP contribution in [0.15, 0.2) is 96.5 Å². The maximum Gasteiger partial charge on any atom is 0.331 e. The molecule has 0 atom stereocenters. The first-order chi connectivity index (χ1) is 18.9. The Morgan fingerprint density at radius 2 is 1.41 bits per heavy atom. The number of carbonyl (C=O) groups excluding carboxylic acids is 1. The van der Waals surface area contributed by atoms with Gasteiger partial charge in [-0.2, -0.15) is 0 Å². The maximum absolute atomic E-state index is 14.5. The molecule has 39 heavy (non-hydrogen) atoms. The van der Waals surface area contributed by atoms with E-state index in [2.05, 4.69) is 4.98 Å². The molecule has 0 saturated carbocycles. The summed E-state index contributed by atoms with van der Waals surface area (Å²) in [6.45, 7) is 4.74. The maximum atomic E-state index is 14.5. The van der Waals surface area contributed by atoms with Crippen molar-refractivity contribution in [3.05, 3.63) is 118 Å². The van der Waals surface area contributed by atoms with Crippen LogP contribution in [-0.2, 0) is 13.1 Å². The number of benzene rings is 3. The zero-order valence-corrected chi connectivity index (χ0v) is 22.4. The molecule has 0 bridgehead atoms. The fraction of sp³-hybridized carbons (Fsp3) is 0.200. The largest absolute Gasteiger partial charge is 0.496 e. The van der Waals surface area contributed by atoms with Gasteiger partial charge in [-0.1, -0.05) is 66.7 Å². The fourth-order valence-electron chi connectivity index (χ4n) is 4.27. The summed E-state index contributed by atoms with van der Waals surface area (Å²) in [6.07, 6.45) is 1.70. The molecule has 0 aliphatic rings. The predicted octanol–water partition coefficient (Wildman–Crippen LogP) is 6.82. The molecule has 0 unspecified atom stereocenters. The smallest absolute Gasteiger partial charge is 0.331 e. The van der Waals surface area contributed by atoms with Gasteiger partial charge in [0.1, 0.15) is 17.3 Å². The van der Waals surface area contributed by atoms with E-state index in [1.807, 2.05) is 104 Å². The number of rotatable bonds is 8. The molecule has 3 aromatic carbocycles. The number of methoxy groups -OCH3 is 2. The molecule has 1 heterocycles. The molecule has 0 fully saturated rings. The molecule has 1 aromatic heterocycles. The summed E-state index contributed by atoms with van der Waals surface area (Å²) in [5.41, 5.74) is 4.37. The standard InChI is InChI=1S/C30H31N3O3.HNO2/c1-22-12-11-19-31-29(22)33(26-17-18-27(35-3)23(2)28(26)36-4)30(34)32(20-24-13-7-5-8-14-24)21-25-15-9-6-10-16-25;2-1-3/h5-19H,20-21H2,1-4H3;(H,2,3). The molecular formula is C30H32N4O5. The molecule has 0 aliphatic carbocycles. The van der Waals surface area contributed by atoms with Gasteiger partial charge in [-0.3, -0.25) is 0 Å². The number of ether oxygens (including phenoxy) is 2. The lowest BCUT2D eigenvalue weighted by Crippen LogP contribution is -2.41. The van der Waals surface area contributed by atoms with E-state index < -0.39 is 0 Å². The van der Waals surface area contributed by atoms with Crippen LogP contribution >= 0.6 is 0 Å². The lowest BCUT2D eigenvalue weighted by molar-refractivity contribution is 0.201. The fourth-order valence-corrected chi connectivity index (χ4v) is 4.27. The van der Waals surface area contributed by atoms with Crippen LogP contribution in [0.2, 0.25) is 0 Å². The zero-order valence-electron chi connectivity index (χ0n) is 22.4. The quantitative estimate of drug-likeness (QED) is 0.199. The SMILES string of the molecule is COc1ccc(N(C(=O)N(Cc2ccccc2)Cc2ccccc2)c2ncccc2C)c(OC)c1C.O=NO. The van der Waals surface area contributed by atoms with Crippen LogP contribution in [0.3, 0.4) is 0 Å². The van der Waals surface area contributed by atoms with Crippen LogP contribution in [0.25, 0.3) is 0 Å². The number of hydrogen-bond donors (Lipinski definition) is 1. The highest BCUT2D eigenvalue weighted by Gasteiger charge is 2.30. The van der Waals surface area contributed by atoms with Gasteiger partial charge in [0, 0.05) is 24.8 Å². The number of hydrogen-bond acceptors (Lipinski definition) is 6. The van der Waals surface area contributed by atoms with Gasteiger partial charge in [-0.05, 0) is 48.7 Å². The molecule has 1 N–H and O–H groups in total. The van der Waals surface area contributed by atoms with Gasteiger partial charge in [0.15, 0.2) is 5.34 Å². The number of nitrogens with zero attached hydrogens (tertiary/aromatic N) is 4. The van der Waals surface area contributed by atoms with Crippen molar-refractivity contribution in [1.82, 2.24) is 9.88 Å². The van der Waals surface area contributed by atoms with Crippen LogP contribution < -0.4 is 14.4 Å². The van der Waals surface area contributed by atoms with Gasteiger partial charge >= 0.3 is 6.03 Å². The Morgan fingerprint density at radius 3 is 1.90 bits per heavy atom. The van der Waals surface area contributed by atoms with Crippen molar-refractivity contribution in [2.45, 2.75) is 26.9 Å². The van der Waals surface area contributed by atoms with Gasteiger partial charge in [0.05, 0.1) is 19.9 Å². The van der Waals surface area contributed by atoms with Crippen molar-refractivity contribution in [2.24, 2.45) is 5.34 Å². The first kappa shape index (κ1) is 28.6. The third-order valence-corrected chi connectivity index (χ3v) is 6.09. The minimum atomic E-state index is -0.202. The summed E-state index contributed by atoms with van der Waals surface area (Å²) in [5, 5.41) is 7.89. The van der Waals surface area contributed by atoms with Crippen molar-refractivity contribution in [3.8, 4) is 11.5 Å². The van der Waals surface area contributed by atoms with E-state index in [0.29, 0.717) is 36.1 Å². The second-order valence-electron chi connectivity index (χ2n) is 8.62. The van der Waals surface area contributed by atoms with Gasteiger partial charge in [0.25, 0.3) is 0 Å². The Kier molecular flexibility index (Phi) is 10.4. The number of aromatic nitrogens is 1. The summed E-state index contributed by atoms with van der Waals surface area (Å²) in [7, 11) is 3.22. The second-order valence-corrected chi connectivity index (χ2v) is 8.62. The van der Waals surface area contributed by atoms with Crippen LogP contribution in [0.4, 0.5) is 16.3 Å². The molecule has 0 saturated heterocycles. The lowest BCUT2D eigenvalue weighted by Gasteiger charge is -2.32. The van der Waals surface area contributed by atoms with Crippen molar-refractivity contribution >= 4 is 17.5 Å². The molecule has 4 aromatic rings. The highest BCUT2D eigenvalue weighted by atomic mass is 16.6. The van der Waals surface area contributed by atoms with Gasteiger partial charge in [0.2, 0.25) is 0 Å². The molecule has 9 nitrogen and oxygen atoms in total. The van der Waals surface area contributed by atoms with Gasteiger partial charge in [-0.15, -0.1) is 4.91 Å². The predicted molar refractivity (Wildman–Crippen MR) is 151 cm³/mol. The third-order valence-electron chi connectivity index (χ3n) is 6.09. The van der Waals surface area contributed by atoms with Crippen LogP contribution in [0.1, 0.15) is 22.3 Å². The summed E-state index contributed by atoms with van der Waals surface area (Å²) >= 11 is 0. The Labute approximate surface area is 228 Å². The monoisotopic (exact) mass is 528 g/mol. The average Bonchev–Trinajstić information content (AvgIpc) is 2.95. The summed E-state index contributed by atoms with van der Waals surface area (Å²) < 4.78 is 11.3. The number of aryl methyl sites for hydroxylation is 1. The number of carbonyl (C=O) groups is 1. The van der Waals surface area contributed by atoms with Crippen molar-refractivity contribution in [1.29, 1.82) is 0 Å². The minimum Gasteiger partial charge on any atom is -0.496 e. The first-order valence-electron chi connectivity index (χ1n) is 12.2. The topological polar surface area (TPSA) is 105 Å². The Bertz CT molecular complexity index is 1330. The Hall–Kier alpha value is -4.92.